The minimum Gasteiger partial charge on any atom is -0.459 e. The van der Waals surface area contributed by atoms with Crippen molar-refractivity contribution >= 4 is 17.9 Å². The Morgan fingerprint density at radius 3 is 2.33 bits per heavy atom. The summed E-state index contributed by atoms with van der Waals surface area (Å²) >= 11 is 0. The average Bonchev–Trinajstić information content (AvgIpc) is 3.37. The highest BCUT2D eigenvalue weighted by molar-refractivity contribution is 6.03. The predicted molar refractivity (Wildman–Crippen MR) is 269 cm³/mol. The van der Waals surface area contributed by atoms with Crippen LogP contribution in [0.1, 0.15) is 166 Å². The number of oxime groups is 1. The standard InChI is InChI=1S/C56H83N3O10/c1-4-7-8-9-10-11-12-13-14-21-32-57-54(62)67-44-30-31-49-47(39-44)52-45(28-19-23-35-61)43(27-18-22-34-60)38-46-48(58-69-51-29-20-24-37-64-51)40-50(56(68-49,53(46)52)66-36-6-3)59(33-5-2)55(63)65-41-42-25-16-15-17-26-42/h6,15-17,25-26,30-31,38-39,43,45,50-53,60-61H,3-5,7-14,18-24,27-29,32-37,40-41H2,1-2H3,(H,57,62)/t43-,45+,50-,51?,52+,53+,56+/m0/s1. The molecule has 1 saturated heterocycles. The van der Waals surface area contributed by atoms with Gasteiger partial charge in [-0.2, -0.15) is 0 Å². The molecule has 13 nitrogen and oxygen atoms in total. The van der Waals surface area contributed by atoms with Crippen LogP contribution in [0.3, 0.4) is 0 Å². The maximum absolute atomic E-state index is 14.6. The molecule has 0 radical (unpaired) electrons. The number of nitrogens with one attached hydrogen (secondary N) is 1. The van der Waals surface area contributed by atoms with Gasteiger partial charge in [-0.15, -0.1) is 6.58 Å². The summed E-state index contributed by atoms with van der Waals surface area (Å²) in [5.41, 5.74) is 3.35. The van der Waals surface area contributed by atoms with Crippen molar-refractivity contribution < 1.29 is 48.3 Å². The number of hydrogen-bond acceptors (Lipinski definition) is 11. The van der Waals surface area contributed by atoms with E-state index in [1.54, 1.807) is 17.0 Å². The van der Waals surface area contributed by atoms with E-state index in [1.807, 2.05) is 49.4 Å². The third-order valence-electron chi connectivity index (χ3n) is 14.4. The quantitative estimate of drug-likeness (QED) is 0.0391. The fourth-order valence-electron chi connectivity index (χ4n) is 11.0. The van der Waals surface area contributed by atoms with Gasteiger partial charge in [0.2, 0.25) is 12.1 Å². The van der Waals surface area contributed by atoms with Crippen LogP contribution in [0.15, 0.2) is 78.0 Å². The van der Waals surface area contributed by atoms with Crippen LogP contribution >= 0.6 is 0 Å². The molecule has 2 aliphatic carbocycles. The molecule has 2 aliphatic heterocycles. The second-order valence-corrected chi connectivity index (χ2v) is 19.4. The predicted octanol–water partition coefficient (Wildman–Crippen LogP) is 11.9. The summed E-state index contributed by atoms with van der Waals surface area (Å²) in [6, 6.07) is 14.5. The first-order valence-corrected chi connectivity index (χ1v) is 26.7. The Labute approximate surface area is 412 Å². The van der Waals surface area contributed by atoms with Crippen molar-refractivity contribution in [3.05, 3.63) is 84.0 Å². The molecule has 2 heterocycles. The Morgan fingerprint density at radius 2 is 1.64 bits per heavy atom. The number of carbonyl (C=O) groups excluding carboxylic acids is 2. The van der Waals surface area contributed by atoms with Crippen LogP contribution in [0.5, 0.6) is 11.5 Å². The lowest BCUT2D eigenvalue weighted by Crippen LogP contribution is -2.70. The normalized spacial score (nSPS) is 24.3. The number of nitrogens with zero attached hydrogens (tertiary/aromatic N) is 2. The number of allylic oxidation sites excluding steroid dienone is 1. The van der Waals surface area contributed by atoms with Crippen molar-refractivity contribution in [1.82, 2.24) is 10.2 Å². The molecule has 2 aromatic rings. The van der Waals surface area contributed by atoms with Gasteiger partial charge in [0, 0.05) is 50.6 Å². The van der Waals surface area contributed by atoms with Crippen molar-refractivity contribution in [3.8, 4) is 11.5 Å². The van der Waals surface area contributed by atoms with E-state index < -0.39 is 36.2 Å². The molecule has 0 spiro atoms. The maximum atomic E-state index is 14.6. The van der Waals surface area contributed by atoms with Gasteiger partial charge in [-0.1, -0.05) is 132 Å². The molecule has 2 aromatic carbocycles. The van der Waals surface area contributed by atoms with E-state index in [9.17, 15) is 19.8 Å². The minimum atomic E-state index is -1.45. The fourth-order valence-corrected chi connectivity index (χ4v) is 11.0. The van der Waals surface area contributed by atoms with E-state index in [4.69, 9.17) is 33.7 Å². The highest BCUT2D eigenvalue weighted by Crippen LogP contribution is 2.62. The van der Waals surface area contributed by atoms with Crippen LogP contribution in [-0.4, -0.2) is 90.6 Å². The molecule has 1 saturated carbocycles. The van der Waals surface area contributed by atoms with E-state index in [1.165, 1.54) is 44.9 Å². The van der Waals surface area contributed by atoms with Crippen LogP contribution < -0.4 is 14.8 Å². The summed E-state index contributed by atoms with van der Waals surface area (Å²) in [5, 5.41) is 27.9. The Balaban J connectivity index is 1.38. The molecule has 0 bridgehead atoms. The first-order chi connectivity index (χ1) is 33.9. The lowest BCUT2D eigenvalue weighted by molar-refractivity contribution is -0.255. The number of aliphatic hydroxyl groups is 2. The van der Waals surface area contributed by atoms with Crippen molar-refractivity contribution in [2.24, 2.45) is 22.9 Å². The average molecular weight is 958 g/mol. The number of rotatable bonds is 30. The number of carbonyl (C=O) groups is 2. The molecule has 382 valence electrons. The van der Waals surface area contributed by atoms with Crippen molar-refractivity contribution in [2.75, 3.05) is 39.5 Å². The van der Waals surface area contributed by atoms with Gasteiger partial charge in [0.1, 0.15) is 24.1 Å². The second kappa shape index (κ2) is 29.0. The van der Waals surface area contributed by atoms with Gasteiger partial charge in [0.25, 0.3) is 0 Å². The third-order valence-corrected chi connectivity index (χ3v) is 14.4. The van der Waals surface area contributed by atoms with Gasteiger partial charge in [-0.05, 0) is 92.5 Å². The molecular formula is C56H83N3O10. The molecular weight excluding hydrogens is 875 g/mol. The maximum Gasteiger partial charge on any atom is 0.412 e. The van der Waals surface area contributed by atoms with E-state index in [2.05, 4.69) is 24.9 Å². The zero-order valence-electron chi connectivity index (χ0n) is 41.8. The summed E-state index contributed by atoms with van der Waals surface area (Å²) in [5.74, 6) is -1.22. The van der Waals surface area contributed by atoms with Crippen molar-refractivity contribution in [1.29, 1.82) is 0 Å². The zero-order valence-corrected chi connectivity index (χ0v) is 41.8. The van der Waals surface area contributed by atoms with Gasteiger partial charge >= 0.3 is 12.2 Å². The Bertz CT molecular complexity index is 1920. The summed E-state index contributed by atoms with van der Waals surface area (Å²) in [4.78, 5) is 36.1. The van der Waals surface area contributed by atoms with Crippen LogP contribution in [0.2, 0.25) is 0 Å². The molecule has 6 rings (SSSR count). The van der Waals surface area contributed by atoms with E-state index in [0.717, 1.165) is 74.5 Å². The Morgan fingerprint density at radius 1 is 0.899 bits per heavy atom. The number of ether oxygens (including phenoxy) is 5. The Kier molecular flexibility index (Phi) is 22.7. The van der Waals surface area contributed by atoms with Gasteiger partial charge in [-0.3, -0.25) is 4.90 Å². The van der Waals surface area contributed by atoms with Crippen LogP contribution in [0.4, 0.5) is 9.59 Å². The molecule has 2 fully saturated rings. The molecule has 2 amide bonds. The molecule has 7 atom stereocenters. The van der Waals surface area contributed by atoms with E-state index >= 15 is 0 Å². The van der Waals surface area contributed by atoms with Gasteiger partial charge < -0.3 is 44.1 Å². The highest BCUT2D eigenvalue weighted by Gasteiger charge is 2.65. The first kappa shape index (κ1) is 53.9. The smallest absolute Gasteiger partial charge is 0.412 e. The first-order valence-electron chi connectivity index (χ1n) is 26.7. The van der Waals surface area contributed by atoms with Gasteiger partial charge in [-0.25, -0.2) is 9.59 Å². The summed E-state index contributed by atoms with van der Waals surface area (Å²) in [6.07, 6.45) is 22.7. The number of benzene rings is 2. The minimum absolute atomic E-state index is 0.00557. The van der Waals surface area contributed by atoms with Crippen LogP contribution in [0.25, 0.3) is 0 Å². The number of fused-ring (bicyclic) bond motifs is 2. The fraction of sp³-hybridized carbons (Fsp3) is 0.661. The van der Waals surface area contributed by atoms with E-state index in [-0.39, 0.29) is 50.6 Å². The molecule has 13 heteroatoms. The topological polar surface area (TPSA) is 158 Å². The molecule has 3 N–H and O–H groups in total. The van der Waals surface area contributed by atoms with Crippen LogP contribution in [-0.2, 0) is 25.7 Å². The summed E-state index contributed by atoms with van der Waals surface area (Å²) < 4.78 is 32.6. The van der Waals surface area contributed by atoms with Gasteiger partial charge in [0.15, 0.2) is 0 Å². The zero-order chi connectivity index (χ0) is 48.7. The highest BCUT2D eigenvalue weighted by atomic mass is 16.8. The molecule has 69 heavy (non-hydrogen) atoms. The number of aliphatic hydroxyl groups excluding tert-OH is 2. The van der Waals surface area contributed by atoms with Crippen LogP contribution in [0, 0.1) is 17.8 Å². The molecule has 1 unspecified atom stereocenters. The molecule has 0 aromatic heterocycles. The van der Waals surface area contributed by atoms with E-state index in [0.29, 0.717) is 62.6 Å². The number of hydrogen-bond donors (Lipinski definition) is 3. The summed E-state index contributed by atoms with van der Waals surface area (Å²) in [6.45, 7) is 10.2. The largest absolute Gasteiger partial charge is 0.459 e. The lowest BCUT2D eigenvalue weighted by Gasteiger charge is -2.59. The summed E-state index contributed by atoms with van der Waals surface area (Å²) in [7, 11) is 0. The molecule has 4 aliphatic rings. The van der Waals surface area contributed by atoms with Crippen molar-refractivity contribution in [2.45, 2.75) is 179 Å². The Hall–Kier alpha value is -4.43. The monoisotopic (exact) mass is 958 g/mol. The lowest BCUT2D eigenvalue weighted by atomic mass is 9.55. The number of unbranched alkanes of at least 4 members (excludes halogenated alkanes) is 11. The SMILES string of the molecule is C=CCO[C@@]12Oc3ccc(OC(=O)NCCCCCCCCCCCC)cc3[C@H]3[C@H](CCCCO)[C@@H](CCCCO)C=C(C(=NOC4CCCCO4)C[C@@H]1N(CCC)C(=O)OCc1ccccc1)[C@H]32. The third kappa shape index (κ3) is 15.0. The second-order valence-electron chi connectivity index (χ2n) is 19.4. The van der Waals surface area contributed by atoms with Crippen molar-refractivity contribution in [3.63, 3.8) is 0 Å². The number of amides is 2. The van der Waals surface area contributed by atoms with Gasteiger partial charge in [0.05, 0.1) is 24.8 Å².